The van der Waals surface area contributed by atoms with Crippen LogP contribution in [0.15, 0.2) is 0 Å². The average Bonchev–Trinajstić information content (AvgIpc) is 1.82. The van der Waals surface area contributed by atoms with Crippen molar-refractivity contribution in [1.29, 1.82) is 0 Å². The number of carbonyl (C=O) groups excluding carboxylic acids is 2. The lowest BCUT2D eigenvalue weighted by Gasteiger charge is -2.01. The summed E-state index contributed by atoms with van der Waals surface area (Å²) in [6.07, 6.45) is 2.08. The molecule has 1 radical (unpaired) electrons. The van der Waals surface area contributed by atoms with E-state index in [9.17, 15) is 9.59 Å². The molecule has 0 aliphatic heterocycles. The molecule has 9 heavy (non-hydrogen) atoms. The molecular formula is C5H9N2O2. The second kappa shape index (κ2) is 4.03. The molecule has 1 atom stereocenters. The fourth-order valence-electron chi connectivity index (χ4n) is 0.357. The van der Waals surface area contributed by atoms with Crippen LogP contribution in [0.4, 0.5) is 0 Å². The van der Waals surface area contributed by atoms with E-state index in [2.05, 4.69) is 0 Å². The Morgan fingerprint density at radius 3 is 2.56 bits per heavy atom. The second-order valence-electron chi connectivity index (χ2n) is 1.69. The molecule has 4 nitrogen and oxygen atoms in total. The first-order chi connectivity index (χ1) is 4.18. The van der Waals surface area contributed by atoms with Crippen LogP contribution in [0.2, 0.25) is 0 Å². The van der Waals surface area contributed by atoms with Gasteiger partial charge in [0, 0.05) is 6.42 Å². The van der Waals surface area contributed by atoms with E-state index in [1.165, 1.54) is 0 Å². The Kier molecular flexibility index (Phi) is 3.62. The van der Waals surface area contributed by atoms with Crippen LogP contribution in [-0.4, -0.2) is 18.2 Å². The van der Waals surface area contributed by atoms with Crippen LogP contribution in [0, 0.1) is 0 Å². The Bertz CT molecular complexity index is 114. The van der Waals surface area contributed by atoms with Crippen molar-refractivity contribution in [2.75, 3.05) is 0 Å². The maximum Gasteiger partial charge on any atom is 0.234 e. The van der Waals surface area contributed by atoms with Gasteiger partial charge in [0.05, 0.1) is 6.04 Å². The van der Waals surface area contributed by atoms with Crippen molar-refractivity contribution in [2.45, 2.75) is 18.9 Å². The summed E-state index contributed by atoms with van der Waals surface area (Å²) < 4.78 is 0. The number of rotatable bonds is 4. The summed E-state index contributed by atoms with van der Waals surface area (Å²) in [5.41, 5.74) is 9.93. The van der Waals surface area contributed by atoms with Gasteiger partial charge in [0.25, 0.3) is 0 Å². The molecule has 4 heteroatoms. The highest BCUT2D eigenvalue weighted by molar-refractivity contribution is 5.79. The first kappa shape index (κ1) is 8.10. The van der Waals surface area contributed by atoms with Crippen molar-refractivity contribution in [1.82, 2.24) is 0 Å². The minimum atomic E-state index is -0.702. The molecule has 0 aliphatic carbocycles. The molecule has 0 rings (SSSR count). The third kappa shape index (κ3) is 3.66. The molecule has 0 aromatic rings. The number of carbonyl (C=O) groups is 1. The molecule has 0 aromatic carbocycles. The van der Waals surface area contributed by atoms with Crippen LogP contribution in [0.1, 0.15) is 12.8 Å². The first-order valence-electron chi connectivity index (χ1n) is 2.58. The first-order valence-corrected chi connectivity index (χ1v) is 2.58. The van der Waals surface area contributed by atoms with Crippen molar-refractivity contribution in [3.8, 4) is 0 Å². The molecule has 0 aliphatic rings. The number of hydrogen-bond donors (Lipinski definition) is 2. The number of primary amides is 1. The Morgan fingerprint density at radius 1 is 1.67 bits per heavy atom. The maximum absolute atomic E-state index is 10.2. The molecule has 0 bridgehead atoms. The molecule has 0 spiro atoms. The van der Waals surface area contributed by atoms with E-state index in [1.807, 2.05) is 0 Å². The van der Waals surface area contributed by atoms with Gasteiger partial charge in [0.2, 0.25) is 5.91 Å². The van der Waals surface area contributed by atoms with Gasteiger partial charge in [-0.3, -0.25) is 9.59 Å². The zero-order valence-electron chi connectivity index (χ0n) is 4.96. The lowest BCUT2D eigenvalue weighted by Crippen LogP contribution is -2.36. The van der Waals surface area contributed by atoms with E-state index in [0.717, 1.165) is 0 Å². The van der Waals surface area contributed by atoms with Gasteiger partial charge in [-0.05, 0) is 6.42 Å². The van der Waals surface area contributed by atoms with Crippen molar-refractivity contribution < 1.29 is 9.59 Å². The van der Waals surface area contributed by atoms with E-state index in [-0.39, 0.29) is 6.42 Å². The molecule has 51 valence electrons. The standard InChI is InChI=1S/C5H9N2O2/c6-4(5(7)9)2-1-3-8/h4H,1-2,6H2,(H2,7,9)/t4-/m1/s1. The highest BCUT2D eigenvalue weighted by Crippen LogP contribution is 1.88. The monoisotopic (exact) mass is 129 g/mol. The predicted molar refractivity (Wildman–Crippen MR) is 32.1 cm³/mol. The number of hydrogen-bond acceptors (Lipinski definition) is 3. The Morgan fingerprint density at radius 2 is 2.22 bits per heavy atom. The van der Waals surface area contributed by atoms with Gasteiger partial charge in [-0.15, -0.1) is 0 Å². The fraction of sp³-hybridized carbons (Fsp3) is 0.600. The van der Waals surface area contributed by atoms with Crippen molar-refractivity contribution in [2.24, 2.45) is 11.5 Å². The van der Waals surface area contributed by atoms with Crippen molar-refractivity contribution in [3.63, 3.8) is 0 Å². The molecule has 0 unspecified atom stereocenters. The van der Waals surface area contributed by atoms with Gasteiger partial charge in [0.15, 0.2) is 6.29 Å². The van der Waals surface area contributed by atoms with Crippen LogP contribution in [-0.2, 0) is 9.59 Å². The van der Waals surface area contributed by atoms with Gasteiger partial charge >= 0.3 is 0 Å². The number of nitrogens with two attached hydrogens (primary N) is 2. The average molecular weight is 129 g/mol. The zero-order valence-corrected chi connectivity index (χ0v) is 4.96. The van der Waals surface area contributed by atoms with E-state index in [0.29, 0.717) is 6.42 Å². The fourth-order valence-corrected chi connectivity index (χ4v) is 0.357. The van der Waals surface area contributed by atoms with E-state index in [1.54, 1.807) is 6.29 Å². The molecule has 0 saturated carbocycles. The van der Waals surface area contributed by atoms with Crippen LogP contribution < -0.4 is 11.5 Å². The summed E-state index contributed by atoms with van der Waals surface area (Å²) in [5, 5.41) is 0. The summed E-state index contributed by atoms with van der Waals surface area (Å²) in [4.78, 5) is 19.8. The molecular weight excluding hydrogens is 120 g/mol. The van der Waals surface area contributed by atoms with E-state index >= 15 is 0 Å². The van der Waals surface area contributed by atoms with Crippen LogP contribution >= 0.6 is 0 Å². The third-order valence-corrected chi connectivity index (χ3v) is 0.923. The Labute approximate surface area is 53.2 Å². The Hall–Kier alpha value is -0.900. The van der Waals surface area contributed by atoms with Gasteiger partial charge in [0.1, 0.15) is 0 Å². The third-order valence-electron chi connectivity index (χ3n) is 0.923. The molecule has 0 heterocycles. The van der Waals surface area contributed by atoms with E-state index < -0.39 is 11.9 Å². The van der Waals surface area contributed by atoms with Gasteiger partial charge in [-0.1, -0.05) is 0 Å². The second-order valence-corrected chi connectivity index (χ2v) is 1.69. The van der Waals surface area contributed by atoms with Crippen molar-refractivity contribution >= 4 is 12.2 Å². The van der Waals surface area contributed by atoms with Crippen LogP contribution in [0.25, 0.3) is 0 Å². The molecule has 4 N–H and O–H groups in total. The SMILES string of the molecule is NC(=O)[C@H](N)CC[C]=O. The largest absolute Gasteiger partial charge is 0.368 e. The van der Waals surface area contributed by atoms with Crippen molar-refractivity contribution in [3.05, 3.63) is 0 Å². The van der Waals surface area contributed by atoms with E-state index in [4.69, 9.17) is 11.5 Å². The predicted octanol–water partition coefficient (Wildman–Crippen LogP) is -1.31. The molecule has 1 amide bonds. The highest BCUT2D eigenvalue weighted by Gasteiger charge is 2.06. The number of amides is 1. The lowest BCUT2D eigenvalue weighted by atomic mass is 10.2. The summed E-state index contributed by atoms with van der Waals surface area (Å²) in [6, 6.07) is -0.702. The summed E-state index contributed by atoms with van der Waals surface area (Å²) >= 11 is 0. The Balaban J connectivity index is 3.37. The maximum atomic E-state index is 10.2. The van der Waals surface area contributed by atoms with Gasteiger partial charge in [-0.2, -0.15) is 0 Å². The summed E-state index contributed by atoms with van der Waals surface area (Å²) in [5.74, 6) is -0.578. The van der Waals surface area contributed by atoms with Gasteiger partial charge < -0.3 is 11.5 Å². The minimum Gasteiger partial charge on any atom is -0.368 e. The normalized spacial score (nSPS) is 12.6. The summed E-state index contributed by atoms with van der Waals surface area (Å²) in [7, 11) is 0. The summed E-state index contributed by atoms with van der Waals surface area (Å²) in [6.45, 7) is 0. The molecule has 0 fully saturated rings. The topological polar surface area (TPSA) is 86.2 Å². The quantitative estimate of drug-likeness (QED) is 0.494. The van der Waals surface area contributed by atoms with Gasteiger partial charge in [-0.25, -0.2) is 0 Å². The van der Waals surface area contributed by atoms with Crippen LogP contribution in [0.3, 0.4) is 0 Å². The molecule has 0 aromatic heterocycles. The minimum absolute atomic E-state index is 0.171. The van der Waals surface area contributed by atoms with Crippen LogP contribution in [0.5, 0.6) is 0 Å². The smallest absolute Gasteiger partial charge is 0.234 e. The molecule has 0 saturated heterocycles. The zero-order chi connectivity index (χ0) is 7.28. The highest BCUT2D eigenvalue weighted by atomic mass is 16.1. The lowest BCUT2D eigenvalue weighted by molar-refractivity contribution is -0.119.